The Labute approximate surface area is 161 Å². The zero-order chi connectivity index (χ0) is 19.2. The van der Waals surface area contributed by atoms with Crippen LogP contribution in [0.2, 0.25) is 0 Å². The molecular formula is C19H22N2O5S. The van der Waals surface area contributed by atoms with Gasteiger partial charge in [-0.25, -0.2) is 4.98 Å². The van der Waals surface area contributed by atoms with Crippen LogP contribution in [-0.2, 0) is 14.3 Å². The Hall–Kier alpha value is -2.45. The molecular weight excluding hydrogens is 368 g/mol. The van der Waals surface area contributed by atoms with Gasteiger partial charge in [-0.2, -0.15) is 0 Å². The first-order chi connectivity index (χ1) is 13.1. The van der Waals surface area contributed by atoms with Crippen molar-refractivity contribution in [3.05, 3.63) is 29.6 Å². The third kappa shape index (κ3) is 5.05. The first-order valence-corrected chi connectivity index (χ1v) is 9.68. The highest BCUT2D eigenvalue weighted by molar-refractivity contribution is 7.14. The van der Waals surface area contributed by atoms with Gasteiger partial charge in [0, 0.05) is 24.0 Å². The fourth-order valence-electron chi connectivity index (χ4n) is 2.91. The Morgan fingerprint density at radius 1 is 1.33 bits per heavy atom. The number of anilines is 1. The number of hydrogen-bond donors (Lipinski definition) is 1. The van der Waals surface area contributed by atoms with Crippen LogP contribution in [0.4, 0.5) is 5.13 Å². The van der Waals surface area contributed by atoms with Crippen LogP contribution in [-0.4, -0.2) is 48.3 Å². The van der Waals surface area contributed by atoms with Gasteiger partial charge in [0.2, 0.25) is 5.91 Å². The zero-order valence-corrected chi connectivity index (χ0v) is 15.9. The maximum atomic E-state index is 12.6. The Balaban J connectivity index is 1.79. The van der Waals surface area contributed by atoms with Gasteiger partial charge in [0.05, 0.1) is 31.9 Å². The van der Waals surface area contributed by atoms with Gasteiger partial charge in [-0.3, -0.25) is 14.5 Å². The molecule has 1 aromatic heterocycles. The van der Waals surface area contributed by atoms with E-state index >= 15 is 0 Å². The van der Waals surface area contributed by atoms with Gasteiger partial charge >= 0.3 is 5.97 Å². The van der Waals surface area contributed by atoms with Gasteiger partial charge in [0.25, 0.3) is 0 Å². The lowest BCUT2D eigenvalue weighted by molar-refractivity contribution is -0.138. The molecule has 1 N–H and O–H groups in total. The van der Waals surface area contributed by atoms with Crippen LogP contribution in [0.25, 0.3) is 11.3 Å². The average molecular weight is 390 g/mol. The molecule has 1 unspecified atom stereocenters. The Kier molecular flexibility index (Phi) is 6.41. The van der Waals surface area contributed by atoms with E-state index in [2.05, 4.69) is 4.98 Å². The highest BCUT2D eigenvalue weighted by atomic mass is 32.1. The number of nitrogens with zero attached hydrogens (tertiary/aromatic N) is 2. The molecule has 3 rings (SSSR count). The molecule has 1 fully saturated rings. The normalized spacial score (nSPS) is 16.3. The molecule has 0 spiro atoms. The molecule has 2 aromatic rings. The van der Waals surface area contributed by atoms with Crippen molar-refractivity contribution in [2.75, 3.05) is 25.2 Å². The summed E-state index contributed by atoms with van der Waals surface area (Å²) in [6, 6.07) is 7.54. The molecule has 144 valence electrons. The lowest BCUT2D eigenvalue weighted by atomic mass is 10.2. The van der Waals surface area contributed by atoms with Crippen molar-refractivity contribution in [1.29, 1.82) is 0 Å². The summed E-state index contributed by atoms with van der Waals surface area (Å²) in [7, 11) is 1.61. The molecule has 1 aliphatic rings. The highest BCUT2D eigenvalue weighted by Gasteiger charge is 2.26. The molecule has 8 heteroatoms. The van der Waals surface area contributed by atoms with Gasteiger partial charge in [0.15, 0.2) is 5.13 Å². The van der Waals surface area contributed by atoms with E-state index in [4.69, 9.17) is 14.6 Å². The van der Waals surface area contributed by atoms with Crippen molar-refractivity contribution < 1.29 is 24.2 Å². The van der Waals surface area contributed by atoms with E-state index in [1.807, 2.05) is 29.6 Å². The summed E-state index contributed by atoms with van der Waals surface area (Å²) in [5.74, 6) is -0.472. The molecule has 1 aromatic carbocycles. The number of methoxy groups -OCH3 is 1. The zero-order valence-electron chi connectivity index (χ0n) is 15.1. The van der Waals surface area contributed by atoms with Crippen LogP contribution in [0.15, 0.2) is 29.6 Å². The van der Waals surface area contributed by atoms with E-state index in [0.29, 0.717) is 18.3 Å². The third-order valence-electron chi connectivity index (χ3n) is 4.37. The van der Waals surface area contributed by atoms with Gasteiger partial charge < -0.3 is 14.6 Å². The third-order valence-corrected chi connectivity index (χ3v) is 5.24. The Morgan fingerprint density at radius 2 is 2.11 bits per heavy atom. The molecule has 1 atom stereocenters. The molecule has 7 nitrogen and oxygen atoms in total. The number of carbonyl (C=O) groups is 2. The molecule has 1 saturated heterocycles. The number of carbonyl (C=O) groups excluding carboxylic acids is 1. The lowest BCUT2D eigenvalue weighted by Gasteiger charge is -2.22. The summed E-state index contributed by atoms with van der Waals surface area (Å²) in [6.07, 6.45) is 1.57. The smallest absolute Gasteiger partial charge is 0.303 e. The molecule has 0 radical (unpaired) electrons. The number of thiazole rings is 1. The standard InChI is InChI=1S/C19H22N2O5S/c1-25-14-6-4-13(5-7-14)16-12-27-19(20-16)21(11-15-3-2-10-26-15)17(22)8-9-18(23)24/h4-7,12,15H,2-3,8-11H2,1H3,(H,23,24). The second-order valence-corrected chi connectivity index (χ2v) is 7.11. The minimum atomic E-state index is -0.988. The molecule has 0 aliphatic carbocycles. The largest absolute Gasteiger partial charge is 0.497 e. The minimum absolute atomic E-state index is 0.0351. The number of benzene rings is 1. The molecule has 0 bridgehead atoms. The van der Waals surface area contributed by atoms with E-state index in [0.717, 1.165) is 29.8 Å². The fourth-order valence-corrected chi connectivity index (χ4v) is 3.77. The van der Waals surface area contributed by atoms with Crippen LogP contribution < -0.4 is 9.64 Å². The fraction of sp³-hybridized carbons (Fsp3) is 0.421. The van der Waals surface area contributed by atoms with E-state index in [1.165, 1.54) is 11.3 Å². The van der Waals surface area contributed by atoms with Gasteiger partial charge in [-0.1, -0.05) is 0 Å². The second-order valence-electron chi connectivity index (χ2n) is 6.28. The number of aromatic nitrogens is 1. The monoisotopic (exact) mass is 390 g/mol. The second kappa shape index (κ2) is 8.96. The van der Waals surface area contributed by atoms with Crippen LogP contribution in [0.5, 0.6) is 5.75 Å². The maximum absolute atomic E-state index is 12.6. The number of carboxylic acid groups (broad SMARTS) is 1. The molecule has 27 heavy (non-hydrogen) atoms. The quantitative estimate of drug-likeness (QED) is 0.745. The van der Waals surface area contributed by atoms with Crippen molar-refractivity contribution in [3.63, 3.8) is 0 Å². The van der Waals surface area contributed by atoms with Crippen LogP contribution in [0.3, 0.4) is 0 Å². The summed E-state index contributed by atoms with van der Waals surface area (Å²) in [4.78, 5) is 29.6. The van der Waals surface area contributed by atoms with E-state index < -0.39 is 5.97 Å². The van der Waals surface area contributed by atoms with Gasteiger partial charge in [-0.05, 0) is 37.1 Å². The topological polar surface area (TPSA) is 89.0 Å². The molecule has 1 aliphatic heterocycles. The predicted octanol–water partition coefficient (Wildman–Crippen LogP) is 3.20. The summed E-state index contributed by atoms with van der Waals surface area (Å²) >= 11 is 1.37. The van der Waals surface area contributed by atoms with E-state index in [-0.39, 0.29) is 24.9 Å². The summed E-state index contributed by atoms with van der Waals surface area (Å²) in [6.45, 7) is 1.09. The summed E-state index contributed by atoms with van der Waals surface area (Å²) < 4.78 is 10.8. The van der Waals surface area contributed by atoms with Crippen molar-refractivity contribution in [2.24, 2.45) is 0 Å². The molecule has 1 amide bonds. The molecule has 0 saturated carbocycles. The van der Waals surface area contributed by atoms with E-state index in [1.54, 1.807) is 12.0 Å². The van der Waals surface area contributed by atoms with Gasteiger partial charge in [0.1, 0.15) is 5.75 Å². The number of ether oxygens (including phenoxy) is 2. The number of carboxylic acids is 1. The van der Waals surface area contributed by atoms with Crippen molar-refractivity contribution in [3.8, 4) is 17.0 Å². The highest BCUT2D eigenvalue weighted by Crippen LogP contribution is 2.30. The number of aliphatic carboxylic acids is 1. The number of amides is 1. The Bertz CT molecular complexity index is 784. The minimum Gasteiger partial charge on any atom is -0.497 e. The van der Waals surface area contributed by atoms with Crippen LogP contribution in [0.1, 0.15) is 25.7 Å². The summed E-state index contributed by atoms with van der Waals surface area (Å²) in [5.41, 5.74) is 1.69. The van der Waals surface area contributed by atoms with Crippen LogP contribution in [0, 0.1) is 0 Å². The van der Waals surface area contributed by atoms with Gasteiger partial charge in [-0.15, -0.1) is 11.3 Å². The average Bonchev–Trinajstić information content (AvgIpc) is 3.36. The summed E-state index contributed by atoms with van der Waals surface area (Å²) in [5, 5.41) is 11.3. The predicted molar refractivity (Wildman–Crippen MR) is 102 cm³/mol. The number of rotatable bonds is 8. The SMILES string of the molecule is COc1ccc(-c2csc(N(CC3CCCO3)C(=O)CCC(=O)O)n2)cc1. The first-order valence-electron chi connectivity index (χ1n) is 8.80. The van der Waals surface area contributed by atoms with Crippen molar-refractivity contribution >= 4 is 28.3 Å². The lowest BCUT2D eigenvalue weighted by Crippen LogP contribution is -2.37. The molecule has 2 heterocycles. The first kappa shape index (κ1) is 19.3. The van der Waals surface area contributed by atoms with Crippen molar-refractivity contribution in [2.45, 2.75) is 31.8 Å². The van der Waals surface area contributed by atoms with Crippen molar-refractivity contribution in [1.82, 2.24) is 4.98 Å². The van der Waals surface area contributed by atoms with E-state index in [9.17, 15) is 9.59 Å². The Morgan fingerprint density at radius 3 is 2.74 bits per heavy atom. The van der Waals surface area contributed by atoms with Crippen LogP contribution >= 0.6 is 11.3 Å². The maximum Gasteiger partial charge on any atom is 0.303 e. The number of hydrogen-bond acceptors (Lipinski definition) is 6.